The van der Waals surface area contributed by atoms with Gasteiger partial charge in [0.05, 0.1) is 7.11 Å². The number of hydrogen-bond acceptors (Lipinski definition) is 3. The van der Waals surface area contributed by atoms with Gasteiger partial charge >= 0.3 is 0 Å². The molecule has 1 fully saturated rings. The molecule has 1 atom stereocenters. The minimum absolute atomic E-state index is 0.375. The molecule has 3 heteroatoms. The summed E-state index contributed by atoms with van der Waals surface area (Å²) in [6.45, 7) is 2.50. The standard InChI is InChI=1S/C6H10O.C2H4O2/c1-5-2-3-6(7)4-5;1-4-2-3/h5H,2-4H2,1H3;2H,1H3. The molecule has 0 aliphatic heterocycles. The first-order chi connectivity index (χ1) is 5.20. The highest BCUT2D eigenvalue weighted by atomic mass is 16.5. The van der Waals surface area contributed by atoms with Gasteiger partial charge in [0, 0.05) is 12.8 Å². The molecule has 0 amide bonds. The van der Waals surface area contributed by atoms with Gasteiger partial charge in [0.25, 0.3) is 6.47 Å². The number of Topliss-reactive ketones (excluding diaryl/α,β-unsaturated/α-hetero) is 1. The summed E-state index contributed by atoms with van der Waals surface area (Å²) in [6.07, 6.45) is 2.79. The van der Waals surface area contributed by atoms with E-state index in [4.69, 9.17) is 4.79 Å². The lowest BCUT2D eigenvalue weighted by Gasteiger charge is -1.90. The lowest BCUT2D eigenvalue weighted by Crippen LogP contribution is -1.86. The maximum absolute atomic E-state index is 10.5. The number of rotatable bonds is 1. The van der Waals surface area contributed by atoms with E-state index in [9.17, 15) is 4.79 Å². The van der Waals surface area contributed by atoms with E-state index in [2.05, 4.69) is 11.7 Å². The van der Waals surface area contributed by atoms with E-state index in [0.717, 1.165) is 19.3 Å². The second kappa shape index (κ2) is 5.89. The normalized spacial score (nSPS) is 22.0. The molecule has 0 heterocycles. The Bertz CT molecular complexity index is 131. The second-order valence-electron chi connectivity index (χ2n) is 2.72. The Balaban J connectivity index is 0.000000218. The molecular formula is C8H14O3. The van der Waals surface area contributed by atoms with Crippen LogP contribution in [-0.2, 0) is 14.3 Å². The Morgan fingerprint density at radius 3 is 2.27 bits per heavy atom. The van der Waals surface area contributed by atoms with Gasteiger partial charge in [0.2, 0.25) is 0 Å². The third-order valence-electron chi connectivity index (χ3n) is 1.59. The topological polar surface area (TPSA) is 43.4 Å². The van der Waals surface area contributed by atoms with Crippen molar-refractivity contribution in [2.24, 2.45) is 5.92 Å². The summed E-state index contributed by atoms with van der Waals surface area (Å²) >= 11 is 0. The third-order valence-corrected chi connectivity index (χ3v) is 1.59. The average molecular weight is 158 g/mol. The quantitative estimate of drug-likeness (QED) is 0.538. The van der Waals surface area contributed by atoms with Crippen LogP contribution in [0.3, 0.4) is 0 Å². The third kappa shape index (κ3) is 5.58. The fourth-order valence-corrected chi connectivity index (χ4v) is 1.00. The van der Waals surface area contributed by atoms with Crippen LogP contribution < -0.4 is 0 Å². The first-order valence-electron chi connectivity index (χ1n) is 3.68. The Hall–Kier alpha value is -0.860. The molecule has 1 aliphatic carbocycles. The van der Waals surface area contributed by atoms with Crippen LogP contribution in [0.5, 0.6) is 0 Å². The van der Waals surface area contributed by atoms with Crippen LogP contribution in [-0.4, -0.2) is 19.4 Å². The zero-order valence-corrected chi connectivity index (χ0v) is 7.00. The number of ketones is 1. The van der Waals surface area contributed by atoms with E-state index in [-0.39, 0.29) is 0 Å². The van der Waals surface area contributed by atoms with Gasteiger partial charge in [-0.2, -0.15) is 0 Å². The van der Waals surface area contributed by atoms with Crippen LogP contribution in [0, 0.1) is 5.92 Å². The lowest BCUT2D eigenvalue weighted by molar-refractivity contribution is -0.126. The van der Waals surface area contributed by atoms with Crippen LogP contribution in [0.4, 0.5) is 0 Å². The van der Waals surface area contributed by atoms with Crippen LogP contribution >= 0.6 is 0 Å². The molecule has 1 unspecified atom stereocenters. The Morgan fingerprint density at radius 2 is 2.18 bits per heavy atom. The number of carbonyl (C=O) groups is 2. The van der Waals surface area contributed by atoms with Gasteiger partial charge in [-0.3, -0.25) is 9.59 Å². The van der Waals surface area contributed by atoms with Gasteiger partial charge in [-0.25, -0.2) is 0 Å². The molecule has 0 aromatic carbocycles. The molecule has 0 bridgehead atoms. The van der Waals surface area contributed by atoms with Crippen molar-refractivity contribution < 1.29 is 14.3 Å². The molecule has 0 aromatic heterocycles. The predicted molar refractivity (Wildman–Crippen MR) is 41.1 cm³/mol. The van der Waals surface area contributed by atoms with E-state index in [1.54, 1.807) is 0 Å². The summed E-state index contributed by atoms with van der Waals surface area (Å²) in [6, 6.07) is 0. The van der Waals surface area contributed by atoms with Crippen molar-refractivity contribution >= 4 is 12.3 Å². The fraction of sp³-hybridized carbons (Fsp3) is 0.750. The number of hydrogen-bond donors (Lipinski definition) is 0. The van der Waals surface area contributed by atoms with Crippen LogP contribution in [0.15, 0.2) is 0 Å². The molecule has 1 saturated carbocycles. The maximum atomic E-state index is 10.5. The SMILES string of the molecule is CC1CCC(=O)C1.COC=O. The van der Waals surface area contributed by atoms with Gasteiger partial charge < -0.3 is 4.74 Å². The molecule has 0 saturated heterocycles. The maximum Gasteiger partial charge on any atom is 0.292 e. The summed E-state index contributed by atoms with van der Waals surface area (Å²) in [5.41, 5.74) is 0. The van der Waals surface area contributed by atoms with Crippen molar-refractivity contribution in [3.63, 3.8) is 0 Å². The second-order valence-corrected chi connectivity index (χ2v) is 2.72. The monoisotopic (exact) mass is 158 g/mol. The molecule has 0 radical (unpaired) electrons. The van der Waals surface area contributed by atoms with Gasteiger partial charge in [-0.1, -0.05) is 6.92 Å². The summed E-state index contributed by atoms with van der Waals surface area (Å²) in [4.78, 5) is 19.4. The van der Waals surface area contributed by atoms with Crippen molar-refractivity contribution in [2.75, 3.05) is 7.11 Å². The first kappa shape index (κ1) is 10.1. The van der Waals surface area contributed by atoms with Crippen molar-refractivity contribution in [1.29, 1.82) is 0 Å². The fourth-order valence-electron chi connectivity index (χ4n) is 1.00. The number of carbonyl (C=O) groups excluding carboxylic acids is 2. The van der Waals surface area contributed by atoms with E-state index < -0.39 is 0 Å². The van der Waals surface area contributed by atoms with Crippen LogP contribution in [0.25, 0.3) is 0 Å². The molecule has 3 nitrogen and oxygen atoms in total. The Morgan fingerprint density at radius 1 is 1.64 bits per heavy atom. The molecule has 1 rings (SSSR count). The van der Waals surface area contributed by atoms with Crippen molar-refractivity contribution in [2.45, 2.75) is 26.2 Å². The Kier molecular flexibility index (Phi) is 5.43. The smallest absolute Gasteiger partial charge is 0.292 e. The predicted octanol–water partition coefficient (Wildman–Crippen LogP) is 1.16. The van der Waals surface area contributed by atoms with Gasteiger partial charge in [-0.05, 0) is 12.3 Å². The average Bonchev–Trinajstić information content (AvgIpc) is 2.35. The molecule has 0 aromatic rings. The molecule has 0 spiro atoms. The highest BCUT2D eigenvalue weighted by molar-refractivity contribution is 5.80. The molecule has 1 aliphatic rings. The lowest BCUT2D eigenvalue weighted by atomic mass is 10.1. The van der Waals surface area contributed by atoms with E-state index in [1.165, 1.54) is 7.11 Å². The van der Waals surface area contributed by atoms with Crippen molar-refractivity contribution in [1.82, 2.24) is 0 Å². The summed E-state index contributed by atoms with van der Waals surface area (Å²) in [5.74, 6) is 1.12. The van der Waals surface area contributed by atoms with E-state index in [0.29, 0.717) is 18.2 Å². The zero-order valence-electron chi connectivity index (χ0n) is 7.00. The van der Waals surface area contributed by atoms with Crippen LogP contribution in [0.1, 0.15) is 26.2 Å². The highest BCUT2D eigenvalue weighted by Crippen LogP contribution is 2.19. The Labute approximate surface area is 66.7 Å². The van der Waals surface area contributed by atoms with Crippen LogP contribution in [0.2, 0.25) is 0 Å². The molecule has 0 N–H and O–H groups in total. The highest BCUT2D eigenvalue weighted by Gasteiger charge is 2.16. The minimum atomic E-state index is 0.375. The van der Waals surface area contributed by atoms with E-state index >= 15 is 0 Å². The minimum Gasteiger partial charge on any atom is -0.471 e. The largest absolute Gasteiger partial charge is 0.471 e. The van der Waals surface area contributed by atoms with Crippen molar-refractivity contribution in [3.8, 4) is 0 Å². The summed E-state index contributed by atoms with van der Waals surface area (Å²) < 4.78 is 3.86. The molecule has 64 valence electrons. The number of methoxy groups -OCH3 is 1. The molecule has 11 heavy (non-hydrogen) atoms. The van der Waals surface area contributed by atoms with Crippen molar-refractivity contribution in [3.05, 3.63) is 0 Å². The zero-order chi connectivity index (χ0) is 8.69. The van der Waals surface area contributed by atoms with E-state index in [1.807, 2.05) is 0 Å². The van der Waals surface area contributed by atoms with Gasteiger partial charge in [-0.15, -0.1) is 0 Å². The first-order valence-corrected chi connectivity index (χ1v) is 3.68. The number of ether oxygens (including phenoxy) is 1. The van der Waals surface area contributed by atoms with Gasteiger partial charge in [0.1, 0.15) is 5.78 Å². The van der Waals surface area contributed by atoms with Gasteiger partial charge in [0.15, 0.2) is 0 Å². The summed E-state index contributed by atoms with van der Waals surface area (Å²) in [5, 5.41) is 0. The molecular weight excluding hydrogens is 144 g/mol. The summed E-state index contributed by atoms with van der Waals surface area (Å²) in [7, 11) is 1.31.